The highest BCUT2D eigenvalue weighted by Crippen LogP contribution is 2.27. The summed E-state index contributed by atoms with van der Waals surface area (Å²) in [7, 11) is 0. The average Bonchev–Trinajstić information content (AvgIpc) is 2.80. The smallest absolute Gasteiger partial charge is 0.229 e. The van der Waals surface area contributed by atoms with Gasteiger partial charge in [0.25, 0.3) is 0 Å². The first-order valence-electron chi connectivity index (χ1n) is 6.88. The van der Waals surface area contributed by atoms with Gasteiger partial charge in [0.05, 0.1) is 19.1 Å². The van der Waals surface area contributed by atoms with Crippen molar-refractivity contribution in [3.8, 4) is 0 Å². The monoisotopic (exact) mass is 272 g/mol. The zero-order valence-electron chi connectivity index (χ0n) is 11.5. The first-order chi connectivity index (χ1) is 8.65. The van der Waals surface area contributed by atoms with E-state index in [2.05, 4.69) is 31.0 Å². The van der Waals surface area contributed by atoms with Crippen molar-refractivity contribution in [2.45, 2.75) is 38.1 Å². The maximum Gasteiger partial charge on any atom is 0.229 e. The van der Waals surface area contributed by atoms with Gasteiger partial charge in [-0.2, -0.15) is 11.8 Å². The largest absolute Gasteiger partial charge is 0.379 e. The number of ether oxygens (including phenoxy) is 1. The Morgan fingerprint density at radius 2 is 2.22 bits per heavy atom. The molecule has 0 aliphatic carbocycles. The minimum Gasteiger partial charge on any atom is -0.379 e. The van der Waals surface area contributed by atoms with E-state index in [0.29, 0.717) is 24.5 Å². The molecular weight excluding hydrogens is 248 g/mol. The van der Waals surface area contributed by atoms with Gasteiger partial charge in [0.2, 0.25) is 5.91 Å². The molecule has 5 heteroatoms. The number of thioether (sulfide) groups is 1. The van der Waals surface area contributed by atoms with Crippen molar-refractivity contribution in [3.05, 3.63) is 0 Å². The highest BCUT2D eigenvalue weighted by Gasteiger charge is 2.39. The third kappa shape index (κ3) is 2.83. The van der Waals surface area contributed by atoms with E-state index in [9.17, 15) is 4.79 Å². The van der Waals surface area contributed by atoms with Crippen LogP contribution in [0.4, 0.5) is 0 Å². The Morgan fingerprint density at radius 3 is 2.94 bits per heavy atom. The summed E-state index contributed by atoms with van der Waals surface area (Å²) >= 11 is 1.96. The number of hydrogen-bond acceptors (Lipinski definition) is 4. The van der Waals surface area contributed by atoms with Gasteiger partial charge in [-0.25, -0.2) is 0 Å². The van der Waals surface area contributed by atoms with Crippen LogP contribution >= 0.6 is 11.8 Å². The number of amides is 1. The van der Waals surface area contributed by atoms with Crippen LogP contribution in [0.1, 0.15) is 20.8 Å². The Balaban J connectivity index is 2.01. The summed E-state index contributed by atoms with van der Waals surface area (Å²) in [4.78, 5) is 14.7. The standard InChI is InChI=1S/C13H24N2O2S/c1-4-14-12-8-17-7-11(12)13(16)15-5-6-18-10(3)9(15)2/h9-12,14H,4-8H2,1-3H3. The minimum atomic E-state index is 0.00250. The van der Waals surface area contributed by atoms with Crippen LogP contribution in [-0.2, 0) is 9.53 Å². The molecular formula is C13H24N2O2S. The molecule has 0 saturated carbocycles. The molecule has 4 nitrogen and oxygen atoms in total. The van der Waals surface area contributed by atoms with E-state index in [0.717, 1.165) is 18.8 Å². The third-order valence-electron chi connectivity index (χ3n) is 4.03. The van der Waals surface area contributed by atoms with Gasteiger partial charge in [-0.3, -0.25) is 4.79 Å². The van der Waals surface area contributed by atoms with Gasteiger partial charge in [-0.15, -0.1) is 0 Å². The van der Waals surface area contributed by atoms with Gasteiger partial charge in [-0.1, -0.05) is 13.8 Å². The van der Waals surface area contributed by atoms with E-state index in [1.807, 2.05) is 11.8 Å². The SMILES string of the molecule is CCNC1COCC1C(=O)N1CCSC(C)C1C. The summed E-state index contributed by atoms with van der Waals surface area (Å²) in [5.41, 5.74) is 0. The van der Waals surface area contributed by atoms with Gasteiger partial charge >= 0.3 is 0 Å². The van der Waals surface area contributed by atoms with E-state index < -0.39 is 0 Å². The first kappa shape index (κ1) is 14.2. The molecule has 0 spiro atoms. The van der Waals surface area contributed by atoms with E-state index in [1.54, 1.807) is 0 Å². The predicted molar refractivity (Wildman–Crippen MR) is 74.9 cm³/mol. The second-order valence-corrected chi connectivity index (χ2v) is 6.64. The van der Waals surface area contributed by atoms with Gasteiger partial charge in [0.15, 0.2) is 0 Å². The fraction of sp³-hybridized carbons (Fsp3) is 0.923. The van der Waals surface area contributed by atoms with Crippen molar-refractivity contribution in [2.24, 2.45) is 5.92 Å². The molecule has 18 heavy (non-hydrogen) atoms. The number of hydrogen-bond donors (Lipinski definition) is 1. The van der Waals surface area contributed by atoms with Crippen molar-refractivity contribution in [3.63, 3.8) is 0 Å². The van der Waals surface area contributed by atoms with Crippen LogP contribution in [0.3, 0.4) is 0 Å². The summed E-state index contributed by atoms with van der Waals surface area (Å²) < 4.78 is 5.48. The molecule has 2 aliphatic rings. The molecule has 1 N–H and O–H groups in total. The van der Waals surface area contributed by atoms with Crippen LogP contribution in [0.25, 0.3) is 0 Å². The molecule has 104 valence electrons. The number of nitrogens with zero attached hydrogens (tertiary/aromatic N) is 1. The molecule has 0 radical (unpaired) electrons. The summed E-state index contributed by atoms with van der Waals surface area (Å²) in [5, 5.41) is 3.89. The molecule has 2 aliphatic heterocycles. The molecule has 2 rings (SSSR count). The van der Waals surface area contributed by atoms with Gasteiger partial charge < -0.3 is 15.0 Å². The Labute approximate surface area is 114 Å². The average molecular weight is 272 g/mol. The van der Waals surface area contributed by atoms with Crippen LogP contribution in [0.2, 0.25) is 0 Å². The summed E-state index contributed by atoms with van der Waals surface area (Å²) in [6.07, 6.45) is 0. The van der Waals surface area contributed by atoms with Gasteiger partial charge in [-0.05, 0) is 13.5 Å². The number of rotatable bonds is 3. The summed E-state index contributed by atoms with van der Waals surface area (Å²) in [6.45, 7) is 9.44. The highest BCUT2D eigenvalue weighted by atomic mass is 32.2. The van der Waals surface area contributed by atoms with Crippen LogP contribution in [0, 0.1) is 5.92 Å². The number of likely N-dealkylation sites (N-methyl/N-ethyl adjacent to an activating group) is 1. The van der Waals surface area contributed by atoms with E-state index >= 15 is 0 Å². The molecule has 4 unspecified atom stereocenters. The van der Waals surface area contributed by atoms with Gasteiger partial charge in [0, 0.05) is 29.6 Å². The van der Waals surface area contributed by atoms with Crippen molar-refractivity contribution in [2.75, 3.05) is 32.1 Å². The highest BCUT2D eigenvalue weighted by molar-refractivity contribution is 8.00. The van der Waals surface area contributed by atoms with Crippen molar-refractivity contribution < 1.29 is 9.53 Å². The summed E-state index contributed by atoms with van der Waals surface area (Å²) in [5.74, 6) is 1.33. The third-order valence-corrected chi connectivity index (χ3v) is 5.37. The van der Waals surface area contributed by atoms with Crippen molar-refractivity contribution in [1.82, 2.24) is 10.2 Å². The van der Waals surface area contributed by atoms with E-state index in [1.165, 1.54) is 0 Å². The number of carbonyl (C=O) groups excluding carboxylic acids is 1. The normalized spacial score (nSPS) is 36.9. The summed E-state index contributed by atoms with van der Waals surface area (Å²) in [6, 6.07) is 0.527. The predicted octanol–water partition coefficient (Wildman–Crippen LogP) is 0.963. The van der Waals surface area contributed by atoms with Crippen molar-refractivity contribution in [1.29, 1.82) is 0 Å². The van der Waals surface area contributed by atoms with Crippen LogP contribution < -0.4 is 5.32 Å². The second-order valence-electron chi connectivity index (χ2n) is 5.16. The Hall–Kier alpha value is -0.260. The molecule has 2 heterocycles. The second kappa shape index (κ2) is 6.26. The van der Waals surface area contributed by atoms with E-state index in [-0.39, 0.29) is 17.9 Å². The molecule has 0 aromatic rings. The molecule has 0 aromatic carbocycles. The van der Waals surface area contributed by atoms with Crippen LogP contribution in [0.15, 0.2) is 0 Å². The van der Waals surface area contributed by atoms with Gasteiger partial charge in [0.1, 0.15) is 0 Å². The Morgan fingerprint density at radius 1 is 1.44 bits per heavy atom. The lowest BCUT2D eigenvalue weighted by atomic mass is 10.0. The zero-order valence-corrected chi connectivity index (χ0v) is 12.3. The lowest BCUT2D eigenvalue weighted by Crippen LogP contribution is -2.53. The maximum absolute atomic E-state index is 12.6. The Bertz CT molecular complexity index is 301. The lowest BCUT2D eigenvalue weighted by Gasteiger charge is -2.39. The lowest BCUT2D eigenvalue weighted by molar-refractivity contribution is -0.138. The Kier molecular flexibility index (Phi) is 4.92. The topological polar surface area (TPSA) is 41.6 Å². The first-order valence-corrected chi connectivity index (χ1v) is 7.93. The fourth-order valence-corrected chi connectivity index (χ4v) is 3.82. The van der Waals surface area contributed by atoms with Crippen LogP contribution in [-0.4, -0.2) is 60.2 Å². The van der Waals surface area contributed by atoms with E-state index in [4.69, 9.17) is 4.74 Å². The quantitative estimate of drug-likeness (QED) is 0.831. The maximum atomic E-state index is 12.6. The van der Waals surface area contributed by atoms with Crippen LogP contribution in [0.5, 0.6) is 0 Å². The number of carbonyl (C=O) groups is 1. The molecule has 2 saturated heterocycles. The molecule has 4 atom stereocenters. The molecule has 0 aromatic heterocycles. The molecule has 0 bridgehead atoms. The zero-order chi connectivity index (χ0) is 13.1. The minimum absolute atomic E-state index is 0.00250. The molecule has 2 fully saturated rings. The fourth-order valence-electron chi connectivity index (χ4n) is 2.72. The molecule has 1 amide bonds. The van der Waals surface area contributed by atoms with Crippen molar-refractivity contribution >= 4 is 17.7 Å². The number of nitrogens with one attached hydrogen (secondary N) is 1.